The van der Waals surface area contributed by atoms with Gasteiger partial charge in [-0.3, -0.25) is 9.59 Å². The van der Waals surface area contributed by atoms with Gasteiger partial charge in [0.15, 0.2) is 6.29 Å². The van der Waals surface area contributed by atoms with Crippen LogP contribution in [0.25, 0.3) is 5.57 Å². The number of rotatable bonds is 2. The van der Waals surface area contributed by atoms with E-state index in [2.05, 4.69) is 0 Å². The molecule has 1 aliphatic heterocycles. The molecule has 0 radical (unpaired) electrons. The van der Waals surface area contributed by atoms with Crippen LogP contribution in [0.4, 0.5) is 0 Å². The third-order valence-corrected chi connectivity index (χ3v) is 4.34. The van der Waals surface area contributed by atoms with E-state index in [9.17, 15) is 9.59 Å². The molecule has 1 aliphatic rings. The molecule has 0 atom stereocenters. The van der Waals surface area contributed by atoms with E-state index in [1.807, 2.05) is 48.5 Å². The molecular weight excluding hydrogens is 270 g/mol. The summed E-state index contributed by atoms with van der Waals surface area (Å²) in [5, 5.41) is 0. The highest BCUT2D eigenvalue weighted by molar-refractivity contribution is 7.99. The van der Waals surface area contributed by atoms with E-state index < -0.39 is 5.91 Å². The maximum absolute atomic E-state index is 11.6. The molecule has 1 amide bonds. The highest BCUT2D eigenvalue weighted by Gasteiger charge is 2.24. The zero-order chi connectivity index (χ0) is 14.1. The fourth-order valence-electron chi connectivity index (χ4n) is 2.32. The Morgan fingerprint density at radius 3 is 1.90 bits per heavy atom. The lowest BCUT2D eigenvalue weighted by Crippen LogP contribution is -2.18. The Hall–Kier alpha value is -2.33. The van der Waals surface area contributed by atoms with Gasteiger partial charge in [0, 0.05) is 15.4 Å². The molecule has 2 aromatic carbocycles. The maximum Gasteiger partial charge on any atom is 0.252 e. The first kappa shape index (κ1) is 12.7. The van der Waals surface area contributed by atoms with Crippen molar-refractivity contribution in [2.45, 2.75) is 9.79 Å². The Balaban J connectivity index is 2.39. The largest absolute Gasteiger partial charge is 0.365 e. The van der Waals surface area contributed by atoms with Crippen molar-refractivity contribution in [1.82, 2.24) is 0 Å². The molecule has 0 unspecified atom stereocenters. The first-order valence-corrected chi connectivity index (χ1v) is 6.90. The van der Waals surface area contributed by atoms with Crippen molar-refractivity contribution in [3.8, 4) is 0 Å². The number of hydrogen-bond acceptors (Lipinski definition) is 3. The van der Waals surface area contributed by atoms with Crippen LogP contribution in [0, 0.1) is 0 Å². The number of primary amides is 1. The minimum absolute atomic E-state index is 0.0187. The maximum atomic E-state index is 11.6. The van der Waals surface area contributed by atoms with Crippen LogP contribution in [0.5, 0.6) is 0 Å². The van der Waals surface area contributed by atoms with Crippen LogP contribution < -0.4 is 5.73 Å². The number of hydrogen-bond donors (Lipinski definition) is 1. The van der Waals surface area contributed by atoms with Crippen molar-refractivity contribution in [2.24, 2.45) is 5.73 Å². The summed E-state index contributed by atoms with van der Waals surface area (Å²) < 4.78 is 0. The van der Waals surface area contributed by atoms with Crippen molar-refractivity contribution in [3.63, 3.8) is 0 Å². The van der Waals surface area contributed by atoms with Gasteiger partial charge in [-0.2, -0.15) is 0 Å². The van der Waals surface area contributed by atoms with Gasteiger partial charge in [0.25, 0.3) is 5.91 Å². The second kappa shape index (κ2) is 4.98. The zero-order valence-electron chi connectivity index (χ0n) is 10.5. The van der Waals surface area contributed by atoms with Crippen LogP contribution in [0.2, 0.25) is 0 Å². The molecule has 0 aromatic heterocycles. The molecule has 0 fully saturated rings. The Morgan fingerprint density at radius 2 is 1.45 bits per heavy atom. The monoisotopic (exact) mass is 281 g/mol. The predicted octanol–water partition coefficient (Wildman–Crippen LogP) is 2.64. The minimum atomic E-state index is -0.702. The highest BCUT2D eigenvalue weighted by Crippen LogP contribution is 2.45. The van der Waals surface area contributed by atoms with E-state index in [1.54, 1.807) is 11.8 Å². The van der Waals surface area contributed by atoms with Crippen molar-refractivity contribution in [1.29, 1.82) is 0 Å². The van der Waals surface area contributed by atoms with Crippen molar-refractivity contribution in [2.75, 3.05) is 0 Å². The van der Waals surface area contributed by atoms with Crippen LogP contribution in [0.3, 0.4) is 0 Å². The van der Waals surface area contributed by atoms with E-state index in [4.69, 9.17) is 5.73 Å². The van der Waals surface area contributed by atoms with Gasteiger partial charge in [-0.05, 0) is 23.3 Å². The molecule has 0 spiro atoms. The zero-order valence-corrected chi connectivity index (χ0v) is 11.3. The molecule has 0 saturated heterocycles. The Morgan fingerprint density at radius 1 is 0.950 bits per heavy atom. The van der Waals surface area contributed by atoms with E-state index in [1.165, 1.54) is 0 Å². The van der Waals surface area contributed by atoms with Gasteiger partial charge < -0.3 is 5.73 Å². The van der Waals surface area contributed by atoms with Gasteiger partial charge in [0.05, 0.1) is 5.57 Å². The van der Waals surface area contributed by atoms with Crippen LogP contribution in [-0.4, -0.2) is 12.2 Å². The Kier molecular flexibility index (Phi) is 3.16. The summed E-state index contributed by atoms with van der Waals surface area (Å²) >= 11 is 1.62. The molecule has 3 rings (SSSR count). The Labute approximate surface area is 120 Å². The second-order valence-corrected chi connectivity index (χ2v) is 5.45. The third-order valence-electron chi connectivity index (χ3n) is 3.19. The number of benzene rings is 2. The lowest BCUT2D eigenvalue weighted by atomic mass is 9.92. The average Bonchev–Trinajstić information content (AvgIpc) is 2.47. The quantitative estimate of drug-likeness (QED) is 0.340. The van der Waals surface area contributed by atoms with Crippen LogP contribution >= 0.6 is 11.8 Å². The van der Waals surface area contributed by atoms with Gasteiger partial charge in [-0.15, -0.1) is 0 Å². The van der Waals surface area contributed by atoms with E-state index >= 15 is 0 Å². The molecule has 1 heterocycles. The van der Waals surface area contributed by atoms with Gasteiger partial charge in [-0.25, -0.2) is 0 Å². The van der Waals surface area contributed by atoms with E-state index in [0.29, 0.717) is 11.9 Å². The molecule has 98 valence electrons. The molecule has 0 aliphatic carbocycles. The summed E-state index contributed by atoms with van der Waals surface area (Å²) in [6.07, 6.45) is 0.543. The topological polar surface area (TPSA) is 60.2 Å². The van der Waals surface area contributed by atoms with Gasteiger partial charge in [0.2, 0.25) is 0 Å². The van der Waals surface area contributed by atoms with Crippen molar-refractivity contribution in [3.05, 3.63) is 65.2 Å². The molecule has 2 N–H and O–H groups in total. The molecule has 0 saturated carbocycles. The minimum Gasteiger partial charge on any atom is -0.365 e. The second-order valence-electron chi connectivity index (χ2n) is 4.37. The summed E-state index contributed by atoms with van der Waals surface area (Å²) in [4.78, 5) is 24.9. The number of nitrogens with two attached hydrogens (primary N) is 1. The van der Waals surface area contributed by atoms with Crippen LogP contribution in [0.15, 0.2) is 63.9 Å². The van der Waals surface area contributed by atoms with Crippen molar-refractivity contribution >= 4 is 29.5 Å². The summed E-state index contributed by atoms with van der Waals surface area (Å²) in [6.45, 7) is 0. The fraction of sp³-hybridized carbons (Fsp3) is 0. The summed E-state index contributed by atoms with van der Waals surface area (Å²) in [5.74, 6) is -0.702. The molecule has 2 aromatic rings. The fourth-order valence-corrected chi connectivity index (χ4v) is 3.41. The molecule has 20 heavy (non-hydrogen) atoms. The summed E-state index contributed by atoms with van der Waals surface area (Å²) in [6, 6.07) is 15.4. The van der Waals surface area contributed by atoms with E-state index in [0.717, 1.165) is 20.9 Å². The third kappa shape index (κ3) is 1.94. The Bertz CT molecular complexity index is 702. The van der Waals surface area contributed by atoms with Gasteiger partial charge >= 0.3 is 0 Å². The lowest BCUT2D eigenvalue weighted by Gasteiger charge is -2.22. The van der Waals surface area contributed by atoms with Gasteiger partial charge in [0.1, 0.15) is 0 Å². The smallest absolute Gasteiger partial charge is 0.252 e. The first-order chi connectivity index (χ1) is 9.72. The standard InChI is InChI=1S/C16H11NO2S/c17-16(19)12(9-18)15-10-5-1-3-7-13(10)20-14-8-4-2-6-11(14)15/h1-9H,(H2,17,19). The summed E-state index contributed by atoms with van der Waals surface area (Å²) in [7, 11) is 0. The molecule has 4 heteroatoms. The normalized spacial score (nSPS) is 12.3. The summed E-state index contributed by atoms with van der Waals surface area (Å²) in [5.41, 5.74) is 7.74. The molecule has 3 nitrogen and oxygen atoms in total. The molecular formula is C16H11NO2S. The number of carbonyl (C=O) groups is 2. The number of fused-ring (bicyclic) bond motifs is 2. The van der Waals surface area contributed by atoms with Gasteiger partial charge in [-0.1, -0.05) is 48.2 Å². The van der Waals surface area contributed by atoms with Crippen LogP contribution in [0.1, 0.15) is 11.1 Å². The average molecular weight is 281 g/mol. The first-order valence-electron chi connectivity index (χ1n) is 6.08. The van der Waals surface area contributed by atoms with E-state index in [-0.39, 0.29) is 5.57 Å². The predicted molar refractivity (Wildman–Crippen MR) is 78.3 cm³/mol. The van der Waals surface area contributed by atoms with Crippen molar-refractivity contribution < 1.29 is 9.59 Å². The lowest BCUT2D eigenvalue weighted by molar-refractivity contribution is -0.116. The van der Waals surface area contributed by atoms with Crippen LogP contribution in [-0.2, 0) is 9.59 Å². The number of aldehydes is 1. The molecule has 0 bridgehead atoms. The number of amides is 1. The highest BCUT2D eigenvalue weighted by atomic mass is 32.2. The number of carbonyl (C=O) groups excluding carboxylic acids is 2. The SMILES string of the molecule is NC(=O)C(C=O)=C1c2ccccc2Sc2ccccc21.